The van der Waals surface area contributed by atoms with Gasteiger partial charge in [0.25, 0.3) is 0 Å². The maximum atomic E-state index is 5.44. The number of para-hydroxylation sites is 1. The van der Waals surface area contributed by atoms with Crippen LogP contribution in [0.25, 0.3) is 11.0 Å². The van der Waals surface area contributed by atoms with Gasteiger partial charge in [-0.3, -0.25) is 10.5 Å². The zero-order valence-electron chi connectivity index (χ0n) is 10.7. The van der Waals surface area contributed by atoms with Gasteiger partial charge in [-0.05, 0) is 18.1 Å². The number of benzene rings is 1. The van der Waals surface area contributed by atoms with Crippen LogP contribution in [0.1, 0.15) is 5.56 Å². The summed E-state index contributed by atoms with van der Waals surface area (Å²) < 4.78 is 0. The molecule has 0 fully saturated rings. The number of hydrogen-bond donors (Lipinski definition) is 3. The second-order valence-corrected chi connectivity index (χ2v) is 4.68. The van der Waals surface area contributed by atoms with Crippen molar-refractivity contribution in [2.75, 3.05) is 16.9 Å². The minimum Gasteiger partial charge on any atom is -0.325 e. The molecule has 7 nitrogen and oxygen atoms in total. The van der Waals surface area contributed by atoms with Crippen LogP contribution in [0.2, 0.25) is 0 Å². The maximum absolute atomic E-state index is 5.44. The smallest absolute Gasteiger partial charge is 0.241 e. The number of fused-ring (bicyclic) bond motifs is 2. The second-order valence-electron chi connectivity index (χ2n) is 4.68. The molecule has 0 amide bonds. The Labute approximate surface area is 114 Å². The summed E-state index contributed by atoms with van der Waals surface area (Å²) >= 11 is 0. The Morgan fingerprint density at radius 3 is 3.05 bits per heavy atom. The summed E-state index contributed by atoms with van der Waals surface area (Å²) in [5.41, 5.74) is 5.68. The lowest BCUT2D eigenvalue weighted by atomic mass is 10.2. The minimum atomic E-state index is 0.376. The number of nitrogens with one attached hydrogen (secondary N) is 2. The van der Waals surface area contributed by atoms with E-state index in [2.05, 4.69) is 48.7 Å². The van der Waals surface area contributed by atoms with Crippen LogP contribution in [0.5, 0.6) is 0 Å². The van der Waals surface area contributed by atoms with Gasteiger partial charge < -0.3 is 4.90 Å². The van der Waals surface area contributed by atoms with E-state index >= 15 is 0 Å². The molecule has 2 aromatic heterocycles. The van der Waals surface area contributed by atoms with Crippen molar-refractivity contribution in [2.24, 2.45) is 5.84 Å². The number of hydrogen-bond acceptors (Lipinski definition) is 6. The van der Waals surface area contributed by atoms with E-state index in [9.17, 15) is 0 Å². The number of H-pyrrole nitrogens is 1. The number of nitrogens with zero attached hydrogens (tertiary/aromatic N) is 4. The number of aromatic nitrogens is 4. The lowest BCUT2D eigenvalue weighted by Crippen LogP contribution is -2.18. The fraction of sp³-hybridized carbons (Fsp3) is 0.154. The monoisotopic (exact) mass is 267 g/mol. The summed E-state index contributed by atoms with van der Waals surface area (Å²) in [5, 5.41) is 7.79. The van der Waals surface area contributed by atoms with E-state index in [-0.39, 0.29) is 0 Å². The molecule has 4 rings (SSSR count). The Hall–Kier alpha value is -2.67. The zero-order valence-corrected chi connectivity index (χ0v) is 10.7. The summed E-state index contributed by atoms with van der Waals surface area (Å²) in [6.07, 6.45) is 2.75. The van der Waals surface area contributed by atoms with Crippen molar-refractivity contribution >= 4 is 28.5 Å². The molecule has 3 heterocycles. The molecule has 0 saturated carbocycles. The Kier molecular flexibility index (Phi) is 2.33. The molecule has 3 aromatic rings. The Morgan fingerprint density at radius 2 is 2.15 bits per heavy atom. The maximum Gasteiger partial charge on any atom is 0.241 e. The van der Waals surface area contributed by atoms with Crippen LogP contribution in [0, 0.1) is 0 Å². The van der Waals surface area contributed by atoms with Crippen molar-refractivity contribution in [1.29, 1.82) is 0 Å². The van der Waals surface area contributed by atoms with E-state index in [1.807, 2.05) is 6.07 Å². The van der Waals surface area contributed by atoms with Crippen LogP contribution in [0.3, 0.4) is 0 Å². The molecule has 0 spiro atoms. The molecule has 0 saturated heterocycles. The number of hydrazine groups is 1. The highest BCUT2D eigenvalue weighted by Gasteiger charge is 2.24. The summed E-state index contributed by atoms with van der Waals surface area (Å²) in [5.74, 6) is 6.64. The van der Waals surface area contributed by atoms with Crippen LogP contribution in [0.4, 0.5) is 17.5 Å². The molecular formula is C13H13N7. The first-order valence-corrected chi connectivity index (χ1v) is 6.40. The van der Waals surface area contributed by atoms with Gasteiger partial charge in [0.15, 0.2) is 5.65 Å². The normalized spacial score (nSPS) is 13.8. The number of aromatic amines is 1. The van der Waals surface area contributed by atoms with E-state index in [0.717, 1.165) is 24.2 Å². The fourth-order valence-corrected chi connectivity index (χ4v) is 2.65. The van der Waals surface area contributed by atoms with Crippen LogP contribution in [0.15, 0.2) is 30.5 Å². The van der Waals surface area contributed by atoms with Gasteiger partial charge >= 0.3 is 0 Å². The minimum absolute atomic E-state index is 0.376. The summed E-state index contributed by atoms with van der Waals surface area (Å²) in [7, 11) is 0. The van der Waals surface area contributed by atoms with Crippen LogP contribution in [-0.4, -0.2) is 26.7 Å². The van der Waals surface area contributed by atoms with Crippen molar-refractivity contribution in [3.63, 3.8) is 0 Å². The first kappa shape index (κ1) is 11.2. The summed E-state index contributed by atoms with van der Waals surface area (Å²) in [4.78, 5) is 10.9. The van der Waals surface area contributed by atoms with Crippen LogP contribution >= 0.6 is 0 Å². The molecule has 0 aliphatic carbocycles. The predicted octanol–water partition coefficient (Wildman–Crippen LogP) is 1.33. The lowest BCUT2D eigenvalue weighted by Gasteiger charge is -2.19. The molecule has 100 valence electrons. The molecule has 1 aliphatic rings. The third-order valence-electron chi connectivity index (χ3n) is 3.56. The molecule has 1 aromatic carbocycles. The third kappa shape index (κ3) is 1.53. The van der Waals surface area contributed by atoms with Gasteiger partial charge in [0.1, 0.15) is 5.82 Å². The highest BCUT2D eigenvalue weighted by atomic mass is 15.3. The highest BCUT2D eigenvalue weighted by Crippen LogP contribution is 2.36. The number of nitrogens with two attached hydrogens (primary N) is 1. The van der Waals surface area contributed by atoms with Crippen molar-refractivity contribution < 1.29 is 0 Å². The lowest BCUT2D eigenvalue weighted by molar-refractivity contribution is 0.972. The van der Waals surface area contributed by atoms with Gasteiger partial charge in [-0.25, -0.2) is 5.84 Å². The third-order valence-corrected chi connectivity index (χ3v) is 3.56. The van der Waals surface area contributed by atoms with Crippen molar-refractivity contribution in [1.82, 2.24) is 20.2 Å². The largest absolute Gasteiger partial charge is 0.325 e. The van der Waals surface area contributed by atoms with Gasteiger partial charge in [-0.15, -0.1) is 0 Å². The van der Waals surface area contributed by atoms with Crippen LogP contribution in [-0.2, 0) is 6.42 Å². The molecule has 0 atom stereocenters. The molecule has 1 aliphatic heterocycles. The summed E-state index contributed by atoms with van der Waals surface area (Å²) in [6.45, 7) is 0.890. The van der Waals surface area contributed by atoms with Crippen molar-refractivity contribution in [3.05, 3.63) is 36.0 Å². The average Bonchev–Trinajstić information content (AvgIpc) is 3.12. The Morgan fingerprint density at radius 1 is 1.25 bits per heavy atom. The predicted molar refractivity (Wildman–Crippen MR) is 76.6 cm³/mol. The van der Waals surface area contributed by atoms with Gasteiger partial charge in [0.05, 0.1) is 11.6 Å². The topological polar surface area (TPSA) is 95.7 Å². The van der Waals surface area contributed by atoms with Crippen molar-refractivity contribution in [2.45, 2.75) is 6.42 Å². The molecule has 0 radical (unpaired) electrons. The van der Waals surface area contributed by atoms with E-state index in [0.29, 0.717) is 11.6 Å². The standard InChI is InChI=1S/C13H13N7/c14-18-13-16-11-9(7-15-19-11)12(17-13)20-6-5-8-3-1-2-4-10(8)20/h1-4,7H,5-6,14H2,(H2,15,16,17,18,19). The van der Waals surface area contributed by atoms with Gasteiger partial charge in [0.2, 0.25) is 5.95 Å². The Bertz CT molecular complexity index is 779. The first-order valence-electron chi connectivity index (χ1n) is 6.40. The number of nitrogen functional groups attached to an aromatic ring is 1. The number of rotatable bonds is 2. The van der Waals surface area contributed by atoms with Gasteiger partial charge in [-0.1, -0.05) is 18.2 Å². The van der Waals surface area contributed by atoms with Gasteiger partial charge in [0, 0.05) is 12.2 Å². The first-order chi connectivity index (χ1) is 9.86. The fourth-order valence-electron chi connectivity index (χ4n) is 2.65. The molecule has 4 N–H and O–H groups in total. The molecule has 7 heteroatoms. The Balaban J connectivity index is 1.93. The van der Waals surface area contributed by atoms with Gasteiger partial charge in [-0.2, -0.15) is 15.1 Å². The second kappa shape index (κ2) is 4.17. The molecule has 0 bridgehead atoms. The SMILES string of the molecule is NNc1nc(N2CCc3ccccc32)c2cn[nH]c2n1. The highest BCUT2D eigenvalue weighted by molar-refractivity contribution is 5.90. The van der Waals surface area contributed by atoms with E-state index in [1.54, 1.807) is 6.20 Å². The molecule has 20 heavy (non-hydrogen) atoms. The summed E-state index contributed by atoms with van der Waals surface area (Å²) in [6, 6.07) is 8.34. The van der Waals surface area contributed by atoms with Crippen molar-refractivity contribution in [3.8, 4) is 0 Å². The van der Waals surface area contributed by atoms with E-state index < -0.39 is 0 Å². The zero-order chi connectivity index (χ0) is 13.5. The quantitative estimate of drug-likeness (QED) is 0.479. The van der Waals surface area contributed by atoms with E-state index in [1.165, 1.54) is 11.3 Å². The van der Waals surface area contributed by atoms with Crippen LogP contribution < -0.4 is 16.2 Å². The van der Waals surface area contributed by atoms with E-state index in [4.69, 9.17) is 5.84 Å². The molecule has 0 unspecified atom stereocenters. The average molecular weight is 267 g/mol. The number of anilines is 3. The molecular weight excluding hydrogens is 254 g/mol.